The van der Waals surface area contributed by atoms with E-state index in [9.17, 15) is 10.1 Å². The third-order valence-electron chi connectivity index (χ3n) is 3.31. The van der Waals surface area contributed by atoms with E-state index in [-0.39, 0.29) is 5.91 Å². The van der Waals surface area contributed by atoms with Gasteiger partial charge in [0.1, 0.15) is 11.1 Å². The van der Waals surface area contributed by atoms with Crippen LogP contribution in [0.5, 0.6) is 0 Å². The number of para-hydroxylation sites is 1. The molecule has 0 saturated carbocycles. The molecule has 0 bridgehead atoms. The van der Waals surface area contributed by atoms with Gasteiger partial charge in [-0.3, -0.25) is 4.79 Å². The van der Waals surface area contributed by atoms with Gasteiger partial charge in [0.2, 0.25) is 0 Å². The molecule has 0 saturated heterocycles. The predicted octanol–water partition coefficient (Wildman–Crippen LogP) is 4.41. The minimum absolute atomic E-state index is 0.247. The molecule has 0 atom stereocenters. The number of aromatic nitrogens is 1. The summed E-state index contributed by atoms with van der Waals surface area (Å²) in [6.07, 6.45) is 2.18. The third kappa shape index (κ3) is 4.57. The van der Waals surface area contributed by atoms with Crippen molar-refractivity contribution in [3.8, 4) is 6.07 Å². The van der Waals surface area contributed by atoms with Gasteiger partial charge in [-0.2, -0.15) is 5.26 Å². The Kier molecular flexibility index (Phi) is 6.19. The molecule has 4 nitrogen and oxygen atoms in total. The van der Waals surface area contributed by atoms with Crippen molar-refractivity contribution in [3.63, 3.8) is 0 Å². The zero-order chi connectivity index (χ0) is 16.7. The van der Waals surface area contributed by atoms with Crippen LogP contribution in [0.3, 0.4) is 0 Å². The Balaban J connectivity index is 2.22. The highest BCUT2D eigenvalue weighted by molar-refractivity contribution is 7.99. The summed E-state index contributed by atoms with van der Waals surface area (Å²) in [6.45, 7) is 3.92. The fourth-order valence-electron chi connectivity index (χ4n) is 2.04. The van der Waals surface area contributed by atoms with Crippen LogP contribution in [0.2, 0.25) is 0 Å². The summed E-state index contributed by atoms with van der Waals surface area (Å²) < 4.78 is 0. The number of aryl methyl sites for hydroxylation is 1. The van der Waals surface area contributed by atoms with Crippen molar-refractivity contribution in [1.82, 2.24) is 4.98 Å². The maximum absolute atomic E-state index is 12.4. The first-order valence-corrected chi connectivity index (χ1v) is 8.55. The number of hydrogen-bond acceptors (Lipinski definition) is 4. The van der Waals surface area contributed by atoms with Gasteiger partial charge in [0.25, 0.3) is 5.91 Å². The molecule has 1 N–H and O–H groups in total. The number of carbonyl (C=O) groups is 1. The highest BCUT2D eigenvalue weighted by Gasteiger charge is 2.15. The van der Waals surface area contributed by atoms with Crippen molar-refractivity contribution in [3.05, 3.63) is 53.2 Å². The number of unbranched alkanes of at least 4 members (excludes halogenated alkanes) is 1. The van der Waals surface area contributed by atoms with E-state index >= 15 is 0 Å². The van der Waals surface area contributed by atoms with Gasteiger partial charge in [-0.25, -0.2) is 4.98 Å². The van der Waals surface area contributed by atoms with Gasteiger partial charge in [-0.05, 0) is 37.3 Å². The number of pyridine rings is 1. The second-order valence-corrected chi connectivity index (χ2v) is 6.19. The van der Waals surface area contributed by atoms with Gasteiger partial charge in [0.15, 0.2) is 0 Å². The van der Waals surface area contributed by atoms with Gasteiger partial charge in [-0.1, -0.05) is 31.5 Å². The van der Waals surface area contributed by atoms with Crippen molar-refractivity contribution >= 4 is 23.4 Å². The molecule has 2 aromatic rings. The molecule has 1 heterocycles. The van der Waals surface area contributed by atoms with E-state index in [0.717, 1.165) is 24.3 Å². The zero-order valence-electron chi connectivity index (χ0n) is 13.3. The van der Waals surface area contributed by atoms with Crippen LogP contribution >= 0.6 is 11.8 Å². The quantitative estimate of drug-likeness (QED) is 0.631. The van der Waals surface area contributed by atoms with Crippen LogP contribution in [0.15, 0.2) is 41.4 Å². The van der Waals surface area contributed by atoms with E-state index in [0.29, 0.717) is 21.8 Å². The number of thioether (sulfide) groups is 1. The van der Waals surface area contributed by atoms with Gasteiger partial charge in [0, 0.05) is 5.69 Å². The van der Waals surface area contributed by atoms with Crippen LogP contribution in [0.4, 0.5) is 5.69 Å². The normalized spacial score (nSPS) is 10.1. The van der Waals surface area contributed by atoms with Crippen molar-refractivity contribution in [1.29, 1.82) is 5.26 Å². The Morgan fingerprint density at radius 2 is 2.09 bits per heavy atom. The summed E-state index contributed by atoms with van der Waals surface area (Å²) in [4.78, 5) is 16.9. The van der Waals surface area contributed by atoms with Gasteiger partial charge < -0.3 is 5.32 Å². The summed E-state index contributed by atoms with van der Waals surface area (Å²) in [7, 11) is 0. The molecule has 1 aromatic carbocycles. The summed E-state index contributed by atoms with van der Waals surface area (Å²) in [5.41, 5.74) is 2.24. The van der Waals surface area contributed by atoms with E-state index in [1.54, 1.807) is 24.8 Å². The molecule has 23 heavy (non-hydrogen) atoms. The molecule has 118 valence electrons. The van der Waals surface area contributed by atoms with Crippen LogP contribution in [-0.2, 0) is 0 Å². The lowest BCUT2D eigenvalue weighted by molar-refractivity contribution is 0.102. The number of nitrogens with one attached hydrogen (secondary N) is 1. The Bertz CT molecular complexity index is 723. The number of carbonyl (C=O) groups excluding carboxylic acids is 1. The number of hydrogen-bond donors (Lipinski definition) is 1. The molecule has 0 radical (unpaired) electrons. The van der Waals surface area contributed by atoms with Crippen LogP contribution < -0.4 is 5.32 Å². The molecular weight excluding hydrogens is 306 g/mol. The van der Waals surface area contributed by atoms with Crippen LogP contribution in [0, 0.1) is 18.3 Å². The maximum Gasteiger partial charge on any atom is 0.257 e. The monoisotopic (exact) mass is 325 g/mol. The molecule has 0 aliphatic rings. The topological polar surface area (TPSA) is 65.8 Å². The molecule has 1 amide bonds. The van der Waals surface area contributed by atoms with Crippen LogP contribution in [0.25, 0.3) is 0 Å². The Hall–Kier alpha value is -2.32. The van der Waals surface area contributed by atoms with Crippen LogP contribution in [-0.4, -0.2) is 16.6 Å². The largest absolute Gasteiger partial charge is 0.322 e. The van der Waals surface area contributed by atoms with E-state index in [4.69, 9.17) is 0 Å². The smallest absolute Gasteiger partial charge is 0.257 e. The van der Waals surface area contributed by atoms with E-state index < -0.39 is 0 Å². The molecule has 0 unspecified atom stereocenters. The maximum atomic E-state index is 12.4. The molecule has 1 aromatic heterocycles. The Morgan fingerprint density at radius 3 is 2.74 bits per heavy atom. The zero-order valence-corrected chi connectivity index (χ0v) is 14.1. The van der Waals surface area contributed by atoms with Gasteiger partial charge >= 0.3 is 0 Å². The molecule has 5 heteroatoms. The molecular formula is C18H19N3OS. The van der Waals surface area contributed by atoms with E-state index in [2.05, 4.69) is 23.3 Å². The van der Waals surface area contributed by atoms with Crippen molar-refractivity contribution < 1.29 is 4.79 Å². The first-order valence-electron chi connectivity index (χ1n) is 7.56. The lowest BCUT2D eigenvalue weighted by atomic mass is 10.1. The number of nitriles is 1. The number of nitrogens with zero attached hydrogens (tertiary/aromatic N) is 2. The number of rotatable bonds is 6. The van der Waals surface area contributed by atoms with Crippen molar-refractivity contribution in [2.75, 3.05) is 11.1 Å². The third-order valence-corrected chi connectivity index (χ3v) is 4.39. The summed E-state index contributed by atoms with van der Waals surface area (Å²) in [5, 5.41) is 12.9. The molecule has 0 aliphatic carbocycles. The Labute approximate surface area is 140 Å². The summed E-state index contributed by atoms with van der Waals surface area (Å²) >= 11 is 1.57. The van der Waals surface area contributed by atoms with E-state index in [1.807, 2.05) is 30.3 Å². The van der Waals surface area contributed by atoms with E-state index in [1.165, 1.54) is 0 Å². The fourth-order valence-corrected chi connectivity index (χ4v) is 3.12. The number of benzene rings is 1. The minimum atomic E-state index is -0.247. The summed E-state index contributed by atoms with van der Waals surface area (Å²) in [5.74, 6) is 0.676. The Morgan fingerprint density at radius 1 is 1.35 bits per heavy atom. The number of amides is 1. The predicted molar refractivity (Wildman–Crippen MR) is 93.7 cm³/mol. The fraction of sp³-hybridized carbons (Fsp3) is 0.278. The number of anilines is 1. The van der Waals surface area contributed by atoms with Crippen LogP contribution in [0.1, 0.15) is 41.4 Å². The first kappa shape index (κ1) is 17.0. The van der Waals surface area contributed by atoms with Gasteiger partial charge in [-0.15, -0.1) is 11.8 Å². The molecule has 0 aliphatic heterocycles. The summed E-state index contributed by atoms with van der Waals surface area (Å²) in [6, 6.07) is 13.0. The molecule has 2 rings (SSSR count). The molecule has 0 spiro atoms. The van der Waals surface area contributed by atoms with Gasteiger partial charge in [0.05, 0.1) is 16.8 Å². The minimum Gasteiger partial charge on any atom is -0.322 e. The second kappa shape index (κ2) is 8.35. The average Bonchev–Trinajstić information content (AvgIpc) is 2.56. The second-order valence-electron chi connectivity index (χ2n) is 5.11. The molecule has 0 fully saturated rings. The lowest BCUT2D eigenvalue weighted by Crippen LogP contribution is -2.15. The SMILES string of the molecule is CCCCSc1nc(C)c(C(=O)Nc2ccccc2)cc1C#N. The van der Waals surface area contributed by atoms with Crippen molar-refractivity contribution in [2.24, 2.45) is 0 Å². The lowest BCUT2D eigenvalue weighted by Gasteiger charge is -2.10. The standard InChI is InChI=1S/C18H19N3OS/c1-3-4-10-23-18-14(12-19)11-16(13(2)20-18)17(22)21-15-8-6-5-7-9-15/h5-9,11H,3-4,10H2,1-2H3,(H,21,22). The van der Waals surface area contributed by atoms with Crippen molar-refractivity contribution in [2.45, 2.75) is 31.7 Å². The average molecular weight is 325 g/mol. The first-order chi connectivity index (χ1) is 11.2. The highest BCUT2D eigenvalue weighted by Crippen LogP contribution is 2.24. The highest BCUT2D eigenvalue weighted by atomic mass is 32.2.